The van der Waals surface area contributed by atoms with Crippen molar-refractivity contribution in [3.63, 3.8) is 0 Å². The van der Waals surface area contributed by atoms with Crippen LogP contribution in [-0.4, -0.2) is 6.54 Å². The van der Waals surface area contributed by atoms with E-state index in [9.17, 15) is 0 Å². The summed E-state index contributed by atoms with van der Waals surface area (Å²) < 4.78 is 0. The Bertz CT molecular complexity index is 191. The zero-order valence-corrected chi connectivity index (χ0v) is 5.83. The van der Waals surface area contributed by atoms with Gasteiger partial charge in [0.05, 0.1) is 12.2 Å². The summed E-state index contributed by atoms with van der Waals surface area (Å²) in [6.45, 7) is 4.28. The Hall–Kier alpha value is -1.24. The quantitative estimate of drug-likeness (QED) is 0.561. The van der Waals surface area contributed by atoms with Crippen LogP contribution in [0.25, 0.3) is 0 Å². The summed E-state index contributed by atoms with van der Waals surface area (Å²) in [5.41, 5.74) is 1.02. The van der Waals surface area contributed by atoms with Gasteiger partial charge in [0.15, 0.2) is 0 Å². The number of rotatable bonds is 3. The molecule has 1 aromatic rings. The van der Waals surface area contributed by atoms with Crippen molar-refractivity contribution >= 4 is 5.69 Å². The fraction of sp³-hybridized carbons (Fsp3) is 0.111. The van der Waals surface area contributed by atoms with Crippen molar-refractivity contribution in [1.29, 1.82) is 0 Å². The summed E-state index contributed by atoms with van der Waals surface area (Å²) in [6.07, 6.45) is 1.78. The van der Waals surface area contributed by atoms with E-state index in [4.69, 9.17) is 0 Å². The minimum atomic E-state index is 0.698. The maximum atomic E-state index is 4.21. The molecule has 1 heteroatoms. The van der Waals surface area contributed by atoms with Crippen LogP contribution in [0, 0.1) is 0 Å². The van der Waals surface area contributed by atoms with Crippen molar-refractivity contribution in [3.8, 4) is 0 Å². The van der Waals surface area contributed by atoms with Crippen LogP contribution < -0.4 is 5.32 Å². The lowest BCUT2D eigenvalue weighted by Crippen LogP contribution is -1.94. The third-order valence-corrected chi connectivity index (χ3v) is 1.16. The second kappa shape index (κ2) is 3.72. The number of nitrogens with zero attached hydrogens (tertiary/aromatic N) is 1. The van der Waals surface area contributed by atoms with Crippen molar-refractivity contribution in [2.45, 2.75) is 0 Å². The molecule has 0 saturated carbocycles. The predicted molar refractivity (Wildman–Crippen MR) is 43.3 cm³/mol. The molecule has 0 aliphatic rings. The molecule has 1 radical (unpaired) electrons. The van der Waals surface area contributed by atoms with Crippen molar-refractivity contribution < 1.29 is 0 Å². The van der Waals surface area contributed by atoms with Crippen LogP contribution in [0.15, 0.2) is 43.0 Å². The minimum absolute atomic E-state index is 0.698. The topological polar surface area (TPSA) is 14.1 Å². The highest BCUT2D eigenvalue weighted by Crippen LogP contribution is 2.03. The summed E-state index contributed by atoms with van der Waals surface area (Å²) in [5.74, 6) is 0. The molecule has 0 aliphatic carbocycles. The van der Waals surface area contributed by atoms with Gasteiger partial charge >= 0.3 is 0 Å². The van der Waals surface area contributed by atoms with E-state index >= 15 is 0 Å². The van der Waals surface area contributed by atoms with Crippen LogP contribution in [0.1, 0.15) is 0 Å². The molecule has 0 unspecified atom stereocenters. The van der Waals surface area contributed by atoms with Gasteiger partial charge in [-0.2, -0.15) is 0 Å². The molecule has 0 heterocycles. The molecule has 0 bridgehead atoms. The normalized spacial score (nSPS) is 8.80. The fourth-order valence-electron chi connectivity index (χ4n) is 0.703. The Morgan fingerprint density at radius 1 is 1.30 bits per heavy atom. The molecule has 0 amide bonds. The largest absolute Gasteiger partial charge is 0.281 e. The van der Waals surface area contributed by atoms with Gasteiger partial charge in [0.2, 0.25) is 0 Å². The molecule has 1 nitrogen and oxygen atoms in total. The van der Waals surface area contributed by atoms with E-state index in [0.29, 0.717) is 6.54 Å². The molecule has 0 N–H and O–H groups in total. The van der Waals surface area contributed by atoms with Crippen molar-refractivity contribution in [3.05, 3.63) is 43.0 Å². The van der Waals surface area contributed by atoms with E-state index in [1.807, 2.05) is 30.3 Å². The SMILES string of the molecule is C=CC[N][13c]1ccccc1. The highest BCUT2D eigenvalue weighted by molar-refractivity contribution is 5.34. The van der Waals surface area contributed by atoms with Gasteiger partial charge in [-0.3, -0.25) is 5.32 Å². The first-order valence-electron chi connectivity index (χ1n) is 3.27. The smallest absolute Gasteiger partial charge is 0.0578 e. The van der Waals surface area contributed by atoms with E-state index in [2.05, 4.69) is 11.9 Å². The summed E-state index contributed by atoms with van der Waals surface area (Å²) in [7, 11) is 0. The van der Waals surface area contributed by atoms with E-state index in [1.54, 1.807) is 6.08 Å². The fourth-order valence-corrected chi connectivity index (χ4v) is 0.703. The van der Waals surface area contributed by atoms with Crippen LogP contribution >= 0.6 is 0 Å². The van der Waals surface area contributed by atoms with Gasteiger partial charge in [-0.15, -0.1) is 6.58 Å². The lowest BCUT2D eigenvalue weighted by Gasteiger charge is -1.96. The lowest BCUT2D eigenvalue weighted by atomic mass is 10.4. The average molecular weight is 133 g/mol. The Balaban J connectivity index is 2.50. The first kappa shape index (κ1) is 6.87. The number of benzene rings is 1. The standard InChI is InChI=1S/C9H10N/c1-2-8-10-9-6-4-3-5-7-9/h2-7H,1,8H2/i9+1. The second-order valence-corrected chi connectivity index (χ2v) is 1.96. The van der Waals surface area contributed by atoms with Gasteiger partial charge in [-0.25, -0.2) is 0 Å². The minimum Gasteiger partial charge on any atom is -0.281 e. The van der Waals surface area contributed by atoms with E-state index in [0.717, 1.165) is 5.69 Å². The van der Waals surface area contributed by atoms with Gasteiger partial charge in [-0.1, -0.05) is 24.3 Å². The monoisotopic (exact) mass is 133 g/mol. The summed E-state index contributed by atoms with van der Waals surface area (Å²) >= 11 is 0. The Kier molecular flexibility index (Phi) is 2.56. The molecule has 0 spiro atoms. The molecule has 0 atom stereocenters. The van der Waals surface area contributed by atoms with Crippen molar-refractivity contribution in [1.82, 2.24) is 5.32 Å². The maximum absolute atomic E-state index is 4.21. The summed E-state index contributed by atoms with van der Waals surface area (Å²) in [6, 6.07) is 9.88. The van der Waals surface area contributed by atoms with Gasteiger partial charge in [-0.05, 0) is 12.1 Å². The van der Waals surface area contributed by atoms with Crippen LogP contribution in [0.4, 0.5) is 5.69 Å². The first-order valence-corrected chi connectivity index (χ1v) is 3.27. The van der Waals surface area contributed by atoms with E-state index < -0.39 is 0 Å². The van der Waals surface area contributed by atoms with E-state index in [1.165, 1.54) is 0 Å². The van der Waals surface area contributed by atoms with Crippen LogP contribution in [0.5, 0.6) is 0 Å². The maximum Gasteiger partial charge on any atom is 0.0578 e. The molecule has 0 aliphatic heterocycles. The molecule has 1 rings (SSSR count). The Morgan fingerprint density at radius 3 is 2.60 bits per heavy atom. The Morgan fingerprint density at radius 2 is 2.00 bits per heavy atom. The highest BCUT2D eigenvalue weighted by Gasteiger charge is 1.85. The molecular formula is C9H10N. The third kappa shape index (κ3) is 1.94. The summed E-state index contributed by atoms with van der Waals surface area (Å²) in [5, 5.41) is 4.21. The van der Waals surface area contributed by atoms with Crippen molar-refractivity contribution in [2.75, 3.05) is 6.54 Å². The molecule has 51 valence electrons. The molecule has 0 aromatic heterocycles. The number of para-hydroxylation sites is 1. The van der Waals surface area contributed by atoms with Crippen LogP contribution in [0.3, 0.4) is 0 Å². The van der Waals surface area contributed by atoms with Crippen LogP contribution in [0.2, 0.25) is 0 Å². The molecule has 0 saturated heterocycles. The average Bonchev–Trinajstić information content (AvgIpc) is 2.03. The van der Waals surface area contributed by atoms with Gasteiger partial charge in [0.1, 0.15) is 0 Å². The van der Waals surface area contributed by atoms with E-state index in [-0.39, 0.29) is 0 Å². The van der Waals surface area contributed by atoms with Crippen LogP contribution in [-0.2, 0) is 0 Å². The van der Waals surface area contributed by atoms with Crippen molar-refractivity contribution in [2.24, 2.45) is 0 Å². The molecule has 1 aromatic carbocycles. The summed E-state index contributed by atoms with van der Waals surface area (Å²) in [4.78, 5) is 0. The van der Waals surface area contributed by atoms with Gasteiger partial charge in [0, 0.05) is 0 Å². The lowest BCUT2D eigenvalue weighted by molar-refractivity contribution is 0.979. The first-order chi connectivity index (χ1) is 4.93. The van der Waals surface area contributed by atoms with Gasteiger partial charge < -0.3 is 0 Å². The second-order valence-electron chi connectivity index (χ2n) is 1.96. The molecular weight excluding hydrogens is 123 g/mol. The zero-order valence-electron chi connectivity index (χ0n) is 5.83. The predicted octanol–water partition coefficient (Wildman–Crippen LogP) is 2.11. The third-order valence-electron chi connectivity index (χ3n) is 1.16. The highest BCUT2D eigenvalue weighted by atomic mass is 15.0. The number of hydrogen-bond donors (Lipinski definition) is 0. The Labute approximate surface area is 61.4 Å². The number of hydrogen-bond acceptors (Lipinski definition) is 0. The van der Waals surface area contributed by atoms with Gasteiger partial charge in [0.25, 0.3) is 0 Å². The molecule has 10 heavy (non-hydrogen) atoms. The molecule has 0 fully saturated rings. The zero-order chi connectivity index (χ0) is 7.23.